The van der Waals surface area contributed by atoms with E-state index in [9.17, 15) is 15.0 Å². The smallest absolute Gasteiger partial charge is 0.335 e. The molecule has 2 heterocycles. The summed E-state index contributed by atoms with van der Waals surface area (Å²) < 4.78 is 6.48. The number of aliphatic hydroxyl groups excluding tert-OH is 1. The number of aryl methyl sites for hydroxylation is 1. The first-order chi connectivity index (χ1) is 19.9. The number of hydrogen-bond acceptors (Lipinski definition) is 6. The van der Waals surface area contributed by atoms with Crippen molar-refractivity contribution in [2.24, 2.45) is 17.6 Å². The van der Waals surface area contributed by atoms with Crippen molar-refractivity contribution in [2.75, 3.05) is 37.8 Å². The van der Waals surface area contributed by atoms with Crippen molar-refractivity contribution in [3.05, 3.63) is 70.3 Å². The van der Waals surface area contributed by atoms with Crippen molar-refractivity contribution < 1.29 is 19.7 Å². The van der Waals surface area contributed by atoms with Gasteiger partial charge in [0.15, 0.2) is 0 Å². The van der Waals surface area contributed by atoms with E-state index < -0.39 is 12.1 Å². The number of benzene rings is 2. The maximum atomic E-state index is 11.9. The highest BCUT2D eigenvalue weighted by atomic mass is 35.5. The maximum Gasteiger partial charge on any atom is 0.335 e. The number of carboxylic acids is 1. The molecule has 6 rings (SSSR count). The van der Waals surface area contributed by atoms with Gasteiger partial charge in [-0.1, -0.05) is 29.8 Å². The van der Waals surface area contributed by atoms with Crippen LogP contribution in [-0.2, 0) is 11.8 Å². The summed E-state index contributed by atoms with van der Waals surface area (Å²) in [6, 6.07) is 11.9. The Balaban J connectivity index is 1.24. The highest BCUT2D eigenvalue weighted by Gasteiger charge is 2.44. The zero-order valence-corrected chi connectivity index (χ0v) is 24.4. The van der Waals surface area contributed by atoms with Crippen molar-refractivity contribution in [3.63, 3.8) is 0 Å². The number of rotatable bonds is 8. The highest BCUT2D eigenvalue weighted by molar-refractivity contribution is 6.30. The Morgan fingerprint density at radius 1 is 1.20 bits per heavy atom. The van der Waals surface area contributed by atoms with Crippen LogP contribution in [0.25, 0.3) is 0 Å². The van der Waals surface area contributed by atoms with Crippen LogP contribution in [0.2, 0.25) is 5.02 Å². The molecule has 0 amide bonds. The lowest BCUT2D eigenvalue weighted by Gasteiger charge is -2.45. The van der Waals surface area contributed by atoms with Crippen LogP contribution in [0.1, 0.15) is 66.4 Å². The van der Waals surface area contributed by atoms with Crippen LogP contribution in [0.5, 0.6) is 5.75 Å². The standard InChI is InChI=1S/C33H42ClN3O4/c34-25-10-12-28-22(16-25)4-2-14-33(28)19-37(29-17-23(32(39)40)9-13-31(29)41-20-33)18-24-8-11-27(24)30(38)7-1-5-26-6-3-15-36(26)21-35/h1,7,9-10,12-13,16-17,24,26-27,30,38H,2-6,8,11,14-15,18-21,35H2,(H,39,40)/b7-1+/t24-,26+,27+,30-,33-/m0/s1. The molecule has 220 valence electrons. The molecule has 7 nitrogen and oxygen atoms in total. The van der Waals surface area contributed by atoms with Gasteiger partial charge in [0.05, 0.1) is 24.0 Å². The Kier molecular flexibility index (Phi) is 8.32. The maximum absolute atomic E-state index is 11.9. The molecule has 2 aromatic carbocycles. The Morgan fingerprint density at radius 3 is 2.85 bits per heavy atom. The van der Waals surface area contributed by atoms with Crippen LogP contribution in [0.4, 0.5) is 5.69 Å². The predicted molar refractivity (Wildman–Crippen MR) is 162 cm³/mol. The zero-order chi connectivity index (χ0) is 28.6. The summed E-state index contributed by atoms with van der Waals surface area (Å²) >= 11 is 6.38. The Bertz CT molecular complexity index is 1300. The second kappa shape index (κ2) is 12.0. The molecule has 2 aliphatic carbocycles. The quantitative estimate of drug-likeness (QED) is 0.369. The number of anilines is 1. The van der Waals surface area contributed by atoms with E-state index in [0.717, 1.165) is 81.0 Å². The third-order valence-corrected chi connectivity index (χ3v) is 10.4. The van der Waals surface area contributed by atoms with E-state index in [0.29, 0.717) is 25.2 Å². The topological polar surface area (TPSA) is 99.3 Å². The molecule has 0 bridgehead atoms. The molecular weight excluding hydrogens is 538 g/mol. The van der Waals surface area contributed by atoms with Crippen LogP contribution in [0, 0.1) is 11.8 Å². The second-order valence-electron chi connectivity index (χ2n) is 12.5. The van der Waals surface area contributed by atoms with Crippen molar-refractivity contribution >= 4 is 23.3 Å². The Labute approximate surface area is 247 Å². The van der Waals surface area contributed by atoms with E-state index in [1.807, 2.05) is 12.1 Å². The van der Waals surface area contributed by atoms with Gasteiger partial charge in [-0.3, -0.25) is 4.90 Å². The summed E-state index contributed by atoms with van der Waals surface area (Å²) in [6.07, 6.45) is 12.0. The normalized spacial score (nSPS) is 28.6. The summed E-state index contributed by atoms with van der Waals surface area (Å²) in [4.78, 5) is 16.6. The number of fused-ring (bicyclic) bond motifs is 3. The summed E-state index contributed by atoms with van der Waals surface area (Å²) in [5.74, 6) is 0.280. The molecule has 4 N–H and O–H groups in total. The lowest BCUT2D eigenvalue weighted by molar-refractivity contribution is 0.0455. The fraction of sp³-hybridized carbons (Fsp3) is 0.545. The van der Waals surface area contributed by atoms with E-state index in [4.69, 9.17) is 22.1 Å². The van der Waals surface area contributed by atoms with Gasteiger partial charge in [0, 0.05) is 36.2 Å². The van der Waals surface area contributed by atoms with Gasteiger partial charge in [-0.05, 0) is 111 Å². The average Bonchev–Trinajstić information content (AvgIpc) is 3.34. The van der Waals surface area contributed by atoms with Crippen LogP contribution >= 0.6 is 11.6 Å². The first-order valence-corrected chi connectivity index (χ1v) is 15.6. The molecule has 2 aromatic rings. The molecule has 1 saturated heterocycles. The van der Waals surface area contributed by atoms with Crippen LogP contribution < -0.4 is 15.4 Å². The highest BCUT2D eigenvalue weighted by Crippen LogP contribution is 2.46. The zero-order valence-electron chi connectivity index (χ0n) is 23.7. The number of halogens is 1. The molecule has 4 aliphatic rings. The molecule has 1 saturated carbocycles. The number of carbonyl (C=O) groups is 1. The van der Waals surface area contributed by atoms with Gasteiger partial charge in [0.2, 0.25) is 0 Å². The van der Waals surface area contributed by atoms with Crippen molar-refractivity contribution in [1.82, 2.24) is 4.90 Å². The lowest BCUT2D eigenvalue weighted by atomic mass is 9.68. The average molecular weight is 580 g/mol. The molecule has 2 aliphatic heterocycles. The summed E-state index contributed by atoms with van der Waals surface area (Å²) in [7, 11) is 0. The van der Waals surface area contributed by atoms with Crippen molar-refractivity contribution in [3.8, 4) is 5.75 Å². The number of nitrogens with zero attached hydrogens (tertiary/aromatic N) is 2. The molecule has 0 aromatic heterocycles. The van der Waals surface area contributed by atoms with E-state index >= 15 is 0 Å². The monoisotopic (exact) mass is 579 g/mol. The molecule has 5 atom stereocenters. The minimum Gasteiger partial charge on any atom is -0.490 e. The van der Waals surface area contributed by atoms with E-state index in [1.165, 1.54) is 17.5 Å². The summed E-state index contributed by atoms with van der Waals surface area (Å²) in [5, 5.41) is 21.7. The summed E-state index contributed by atoms with van der Waals surface area (Å²) in [5.41, 5.74) is 9.35. The molecule has 8 heteroatoms. The number of nitrogens with two attached hydrogens (primary N) is 1. The van der Waals surface area contributed by atoms with Crippen LogP contribution in [0.3, 0.4) is 0 Å². The van der Waals surface area contributed by atoms with Crippen LogP contribution in [0.15, 0.2) is 48.6 Å². The van der Waals surface area contributed by atoms with Gasteiger partial charge >= 0.3 is 5.97 Å². The molecule has 0 radical (unpaired) electrons. The largest absolute Gasteiger partial charge is 0.490 e. The van der Waals surface area contributed by atoms with Crippen molar-refractivity contribution in [1.29, 1.82) is 0 Å². The van der Waals surface area contributed by atoms with E-state index in [2.05, 4.69) is 28.0 Å². The number of likely N-dealkylation sites (tertiary alicyclic amines) is 1. The third kappa shape index (κ3) is 5.74. The van der Waals surface area contributed by atoms with Crippen LogP contribution in [-0.4, -0.2) is 66.1 Å². The minimum atomic E-state index is -0.943. The second-order valence-corrected chi connectivity index (χ2v) is 13.0. The lowest BCUT2D eigenvalue weighted by Crippen LogP contribution is -2.49. The number of carboxylic acid groups (broad SMARTS) is 1. The minimum absolute atomic E-state index is 0.184. The van der Waals surface area contributed by atoms with Gasteiger partial charge in [-0.15, -0.1) is 0 Å². The van der Waals surface area contributed by atoms with Gasteiger partial charge in [-0.25, -0.2) is 4.79 Å². The van der Waals surface area contributed by atoms with Gasteiger partial charge < -0.3 is 25.6 Å². The number of ether oxygens (including phenoxy) is 1. The molecule has 2 fully saturated rings. The van der Waals surface area contributed by atoms with E-state index in [-0.39, 0.29) is 16.9 Å². The fourth-order valence-corrected chi connectivity index (χ4v) is 7.92. The Morgan fingerprint density at radius 2 is 2.07 bits per heavy atom. The predicted octanol–water partition coefficient (Wildman–Crippen LogP) is 5.23. The third-order valence-electron chi connectivity index (χ3n) is 10.1. The number of aliphatic hydroxyl groups is 1. The fourth-order valence-electron chi connectivity index (χ4n) is 7.72. The SMILES string of the molecule is NCN1CCC[C@H]1C/C=C/[C@H](O)[C@@H]1CC[C@H]1CN1C[C@@]2(CCCc3cc(Cl)ccc32)COc2ccc(C(=O)O)cc21. The number of aromatic carboxylic acids is 1. The molecule has 0 unspecified atom stereocenters. The first-order valence-electron chi connectivity index (χ1n) is 15.2. The molecular formula is C33H42ClN3O4. The molecule has 41 heavy (non-hydrogen) atoms. The van der Waals surface area contributed by atoms with E-state index in [1.54, 1.807) is 18.2 Å². The van der Waals surface area contributed by atoms with Gasteiger partial charge in [-0.2, -0.15) is 0 Å². The van der Waals surface area contributed by atoms with Gasteiger partial charge in [0.1, 0.15) is 5.75 Å². The molecule has 1 spiro atoms. The number of hydrogen-bond donors (Lipinski definition) is 3. The Hall–Kier alpha value is -2.58. The van der Waals surface area contributed by atoms with Crippen molar-refractivity contribution in [2.45, 2.75) is 68.9 Å². The summed E-state index contributed by atoms with van der Waals surface area (Å²) in [6.45, 7) is 3.69. The van der Waals surface area contributed by atoms with Gasteiger partial charge in [0.25, 0.3) is 0 Å². The first kappa shape index (κ1) is 28.5.